The van der Waals surface area contributed by atoms with Crippen LogP contribution in [0.2, 0.25) is 6.04 Å². The van der Waals surface area contributed by atoms with Crippen LogP contribution < -0.4 is 0 Å². The molecule has 0 aromatic rings. The third kappa shape index (κ3) is 9.13. The van der Waals surface area contributed by atoms with E-state index >= 15 is 0 Å². The lowest BCUT2D eigenvalue weighted by Crippen LogP contribution is -2.06. The van der Waals surface area contributed by atoms with Crippen molar-refractivity contribution in [2.75, 3.05) is 0 Å². The van der Waals surface area contributed by atoms with Gasteiger partial charge in [-0.3, -0.25) is 4.79 Å². The molecular formula is C4H7Br3O2Si. The van der Waals surface area contributed by atoms with Crippen LogP contribution in [0, 0.1) is 0 Å². The minimum absolute atomic E-state index is 0.248. The van der Waals surface area contributed by atoms with E-state index in [1.807, 2.05) is 0 Å². The highest BCUT2D eigenvalue weighted by atomic mass is 80.0. The van der Waals surface area contributed by atoms with Gasteiger partial charge in [0.15, 0.2) is 0 Å². The standard InChI is InChI=1S/C4H7Br3O2Si/c5-10(6,7)3-1-2-4(8)9/h1-3H2,(H,8,9). The molecule has 0 saturated carbocycles. The average molecular weight is 355 g/mol. The molecule has 0 amide bonds. The molecule has 10 heavy (non-hydrogen) atoms. The Kier molecular flexibility index (Phi) is 5.45. The molecule has 0 atom stereocenters. The number of rotatable bonds is 4. The molecular weight excluding hydrogens is 348 g/mol. The third-order valence-corrected chi connectivity index (χ3v) is 5.34. The Balaban J connectivity index is 3.29. The van der Waals surface area contributed by atoms with Crippen molar-refractivity contribution in [3.8, 4) is 0 Å². The fraction of sp³-hybridized carbons (Fsp3) is 0.750. The maximum atomic E-state index is 10.1. The predicted molar refractivity (Wildman–Crippen MR) is 54.2 cm³/mol. The number of hydrogen-bond acceptors (Lipinski definition) is 1. The van der Waals surface area contributed by atoms with Crippen molar-refractivity contribution < 1.29 is 9.90 Å². The maximum Gasteiger partial charge on any atom is 0.303 e. The monoisotopic (exact) mass is 352 g/mol. The molecule has 0 bridgehead atoms. The molecule has 6 heteroatoms. The van der Waals surface area contributed by atoms with Crippen LogP contribution in [0.4, 0.5) is 0 Å². The van der Waals surface area contributed by atoms with Crippen LogP contribution in [0.25, 0.3) is 0 Å². The number of halogens is 3. The van der Waals surface area contributed by atoms with Gasteiger partial charge in [-0.1, -0.05) is 45.9 Å². The Hall–Kier alpha value is 1.13. The SMILES string of the molecule is O=C(O)CCC[Si](Br)(Br)Br. The molecule has 0 aliphatic heterocycles. The van der Waals surface area contributed by atoms with Gasteiger partial charge in [0.05, 0.1) is 0 Å². The van der Waals surface area contributed by atoms with Crippen molar-refractivity contribution in [3.05, 3.63) is 0 Å². The number of carbonyl (C=O) groups is 1. The lowest BCUT2D eigenvalue weighted by molar-refractivity contribution is -0.137. The van der Waals surface area contributed by atoms with E-state index in [4.69, 9.17) is 5.11 Å². The number of aliphatic carboxylic acids is 1. The van der Waals surface area contributed by atoms with Gasteiger partial charge in [-0.2, -0.15) is 0 Å². The molecule has 0 rings (SSSR count). The number of carboxylic acid groups (broad SMARTS) is 1. The second-order valence-electron chi connectivity index (χ2n) is 1.86. The molecule has 0 aromatic carbocycles. The highest BCUT2D eigenvalue weighted by Gasteiger charge is 2.21. The van der Waals surface area contributed by atoms with Gasteiger partial charge in [0.25, 0.3) is 3.93 Å². The van der Waals surface area contributed by atoms with E-state index < -0.39 is 9.90 Å². The van der Waals surface area contributed by atoms with Gasteiger partial charge < -0.3 is 5.11 Å². The fourth-order valence-corrected chi connectivity index (χ4v) is 3.54. The molecule has 0 unspecified atom stereocenters. The van der Waals surface area contributed by atoms with Gasteiger partial charge >= 0.3 is 5.97 Å². The highest BCUT2D eigenvalue weighted by molar-refractivity contribution is 9.72. The Morgan fingerprint density at radius 1 is 1.40 bits per heavy atom. The van der Waals surface area contributed by atoms with Crippen LogP contribution in [0.1, 0.15) is 12.8 Å². The zero-order valence-electron chi connectivity index (χ0n) is 5.11. The molecule has 0 fully saturated rings. The molecule has 0 spiro atoms. The summed E-state index contributed by atoms with van der Waals surface area (Å²) in [6, 6.07) is 0.874. The molecule has 0 saturated heterocycles. The fourth-order valence-electron chi connectivity index (χ4n) is 0.440. The van der Waals surface area contributed by atoms with Gasteiger partial charge in [0.1, 0.15) is 0 Å². The summed E-state index contributed by atoms with van der Waals surface area (Å²) in [6.07, 6.45) is 0.959. The van der Waals surface area contributed by atoms with Crippen LogP contribution in [-0.2, 0) is 4.79 Å². The van der Waals surface area contributed by atoms with E-state index in [-0.39, 0.29) is 6.42 Å². The summed E-state index contributed by atoms with van der Waals surface area (Å²) >= 11 is 10.2. The molecule has 0 aromatic heterocycles. The summed E-state index contributed by atoms with van der Waals surface area (Å²) in [5.74, 6) is -0.731. The lowest BCUT2D eigenvalue weighted by atomic mass is 10.3. The average Bonchev–Trinajstić information content (AvgIpc) is 1.59. The van der Waals surface area contributed by atoms with Crippen molar-refractivity contribution in [2.24, 2.45) is 0 Å². The van der Waals surface area contributed by atoms with E-state index in [0.29, 0.717) is 6.42 Å². The van der Waals surface area contributed by atoms with E-state index in [2.05, 4.69) is 45.9 Å². The van der Waals surface area contributed by atoms with Gasteiger partial charge in [-0.05, 0) is 12.5 Å². The smallest absolute Gasteiger partial charge is 0.303 e. The summed E-state index contributed by atoms with van der Waals surface area (Å²) in [4.78, 5) is 10.1. The van der Waals surface area contributed by atoms with E-state index in [0.717, 1.165) is 6.04 Å². The van der Waals surface area contributed by atoms with Gasteiger partial charge in [-0.15, -0.1) is 0 Å². The largest absolute Gasteiger partial charge is 0.481 e. The minimum Gasteiger partial charge on any atom is -0.481 e. The van der Waals surface area contributed by atoms with E-state index in [9.17, 15) is 4.79 Å². The quantitative estimate of drug-likeness (QED) is 0.622. The Morgan fingerprint density at radius 3 is 2.20 bits per heavy atom. The molecule has 0 radical (unpaired) electrons. The first kappa shape index (κ1) is 11.1. The van der Waals surface area contributed by atoms with Crippen LogP contribution in [0.5, 0.6) is 0 Å². The van der Waals surface area contributed by atoms with Crippen LogP contribution in [0.3, 0.4) is 0 Å². The lowest BCUT2D eigenvalue weighted by Gasteiger charge is -2.05. The van der Waals surface area contributed by atoms with Crippen molar-refractivity contribution in [1.29, 1.82) is 0 Å². The third-order valence-electron chi connectivity index (χ3n) is 0.851. The molecule has 1 N–H and O–H groups in total. The first-order valence-corrected chi connectivity index (χ1v) is 11.7. The number of carboxylic acids is 1. The van der Waals surface area contributed by atoms with E-state index in [1.54, 1.807) is 0 Å². The summed E-state index contributed by atoms with van der Waals surface area (Å²) in [6.45, 7) is 0. The van der Waals surface area contributed by atoms with Gasteiger partial charge in [0.2, 0.25) is 0 Å². The zero-order chi connectivity index (χ0) is 8.20. The summed E-state index contributed by atoms with van der Waals surface area (Å²) < 4.78 is -1.55. The van der Waals surface area contributed by atoms with Crippen LogP contribution >= 0.6 is 45.9 Å². The number of hydrogen-bond donors (Lipinski definition) is 1. The molecule has 0 aliphatic rings. The second-order valence-corrected chi connectivity index (χ2v) is 25.4. The minimum atomic E-state index is -1.55. The van der Waals surface area contributed by atoms with Crippen molar-refractivity contribution in [3.63, 3.8) is 0 Å². The normalized spacial score (nSPS) is 11.5. The second kappa shape index (κ2) is 4.90. The maximum absolute atomic E-state index is 10.1. The molecule has 2 nitrogen and oxygen atoms in total. The molecule has 0 aliphatic carbocycles. The summed E-state index contributed by atoms with van der Waals surface area (Å²) in [7, 11) is 0. The molecule has 0 heterocycles. The predicted octanol–water partition coefficient (Wildman–Crippen LogP) is 2.97. The van der Waals surface area contributed by atoms with Gasteiger partial charge in [0, 0.05) is 6.42 Å². The first-order valence-electron chi connectivity index (χ1n) is 2.70. The van der Waals surface area contributed by atoms with Crippen molar-refractivity contribution in [2.45, 2.75) is 18.9 Å². The topological polar surface area (TPSA) is 37.3 Å². The van der Waals surface area contributed by atoms with Gasteiger partial charge in [-0.25, -0.2) is 0 Å². The first-order chi connectivity index (χ1) is 4.42. The highest BCUT2D eigenvalue weighted by Crippen LogP contribution is 2.33. The zero-order valence-corrected chi connectivity index (χ0v) is 10.9. The molecule has 60 valence electrons. The van der Waals surface area contributed by atoms with E-state index in [1.165, 1.54) is 0 Å². The Morgan fingerprint density at radius 2 is 1.90 bits per heavy atom. The van der Waals surface area contributed by atoms with Crippen molar-refractivity contribution >= 4 is 55.8 Å². The Bertz CT molecular complexity index is 122. The van der Waals surface area contributed by atoms with Crippen molar-refractivity contribution in [1.82, 2.24) is 0 Å². The summed E-state index contributed by atoms with van der Waals surface area (Å²) in [5.41, 5.74) is 0. The van der Waals surface area contributed by atoms with Crippen LogP contribution in [-0.4, -0.2) is 15.0 Å². The Labute approximate surface area is 84.1 Å². The summed E-state index contributed by atoms with van der Waals surface area (Å²) in [5, 5.41) is 8.28. The van der Waals surface area contributed by atoms with Crippen LogP contribution in [0.15, 0.2) is 0 Å².